The Labute approximate surface area is 122 Å². The highest BCUT2D eigenvalue weighted by molar-refractivity contribution is 7.13. The second kappa shape index (κ2) is 5.69. The van der Waals surface area contributed by atoms with E-state index in [2.05, 4.69) is 36.7 Å². The Hall–Kier alpha value is -1.78. The molecular formula is C16H17N3S. The quantitative estimate of drug-likeness (QED) is 0.785. The number of fused-ring (bicyclic) bond motifs is 1. The molecule has 1 atom stereocenters. The predicted octanol–water partition coefficient (Wildman–Crippen LogP) is 4.03. The van der Waals surface area contributed by atoms with Gasteiger partial charge in [-0.15, -0.1) is 11.3 Å². The molecule has 2 heterocycles. The number of hydrogen-bond acceptors (Lipinski definition) is 4. The third kappa shape index (κ3) is 2.57. The largest absolute Gasteiger partial charge is 0.309 e. The van der Waals surface area contributed by atoms with E-state index in [4.69, 9.17) is 9.97 Å². The van der Waals surface area contributed by atoms with Gasteiger partial charge in [0, 0.05) is 16.8 Å². The number of pyridine rings is 1. The van der Waals surface area contributed by atoms with E-state index in [1.54, 1.807) is 11.3 Å². The summed E-state index contributed by atoms with van der Waals surface area (Å²) in [7, 11) is 0. The summed E-state index contributed by atoms with van der Waals surface area (Å²) in [6, 6.07) is 12.6. The van der Waals surface area contributed by atoms with E-state index in [1.165, 1.54) is 0 Å². The average Bonchev–Trinajstić information content (AvgIpc) is 2.97. The van der Waals surface area contributed by atoms with Crippen LogP contribution in [0.25, 0.3) is 21.6 Å². The molecule has 0 amide bonds. The first kappa shape index (κ1) is 13.2. The monoisotopic (exact) mass is 283 g/mol. The van der Waals surface area contributed by atoms with E-state index in [-0.39, 0.29) is 6.04 Å². The zero-order valence-electron chi connectivity index (χ0n) is 11.6. The van der Waals surface area contributed by atoms with Crippen LogP contribution in [0.1, 0.15) is 25.6 Å². The summed E-state index contributed by atoms with van der Waals surface area (Å²) in [6.45, 7) is 5.19. The SMILES string of the molecule is CCNC(C)c1csc(-c2ccc3ccccc3n2)n1. The molecule has 102 valence electrons. The van der Waals surface area contributed by atoms with Crippen molar-refractivity contribution in [3.8, 4) is 10.7 Å². The van der Waals surface area contributed by atoms with Crippen LogP contribution in [0.15, 0.2) is 41.8 Å². The van der Waals surface area contributed by atoms with Crippen molar-refractivity contribution in [2.75, 3.05) is 6.54 Å². The zero-order valence-corrected chi connectivity index (χ0v) is 12.4. The smallest absolute Gasteiger partial charge is 0.142 e. The molecule has 0 bridgehead atoms. The molecule has 1 N–H and O–H groups in total. The molecule has 4 heteroatoms. The van der Waals surface area contributed by atoms with Gasteiger partial charge < -0.3 is 5.32 Å². The van der Waals surface area contributed by atoms with Crippen LogP contribution in [-0.2, 0) is 0 Å². The van der Waals surface area contributed by atoms with Crippen LogP contribution in [-0.4, -0.2) is 16.5 Å². The van der Waals surface area contributed by atoms with E-state index < -0.39 is 0 Å². The normalized spacial score (nSPS) is 12.7. The van der Waals surface area contributed by atoms with Gasteiger partial charge in [0.2, 0.25) is 0 Å². The van der Waals surface area contributed by atoms with Crippen molar-refractivity contribution in [2.24, 2.45) is 0 Å². The van der Waals surface area contributed by atoms with E-state index in [0.717, 1.165) is 33.8 Å². The number of thiazole rings is 1. The number of benzene rings is 1. The number of para-hydroxylation sites is 1. The summed E-state index contributed by atoms with van der Waals surface area (Å²) in [6.07, 6.45) is 0. The van der Waals surface area contributed by atoms with Crippen molar-refractivity contribution < 1.29 is 0 Å². The third-order valence-electron chi connectivity index (χ3n) is 3.29. The van der Waals surface area contributed by atoms with E-state index in [9.17, 15) is 0 Å². The first-order chi connectivity index (χ1) is 9.78. The van der Waals surface area contributed by atoms with Crippen molar-refractivity contribution in [1.82, 2.24) is 15.3 Å². The van der Waals surface area contributed by atoms with Crippen LogP contribution in [0.2, 0.25) is 0 Å². The summed E-state index contributed by atoms with van der Waals surface area (Å²) < 4.78 is 0. The van der Waals surface area contributed by atoms with E-state index >= 15 is 0 Å². The Balaban J connectivity index is 1.94. The molecule has 0 fully saturated rings. The fourth-order valence-corrected chi connectivity index (χ4v) is 3.08. The van der Waals surface area contributed by atoms with Crippen molar-refractivity contribution in [2.45, 2.75) is 19.9 Å². The number of nitrogens with one attached hydrogen (secondary N) is 1. The fraction of sp³-hybridized carbons (Fsp3) is 0.250. The summed E-state index contributed by atoms with van der Waals surface area (Å²) in [5.41, 5.74) is 3.05. The minimum Gasteiger partial charge on any atom is -0.309 e. The van der Waals surface area contributed by atoms with Gasteiger partial charge in [-0.3, -0.25) is 0 Å². The maximum Gasteiger partial charge on any atom is 0.142 e. The Morgan fingerprint density at radius 2 is 2.00 bits per heavy atom. The second-order valence-corrected chi connectivity index (χ2v) is 5.60. The van der Waals surface area contributed by atoms with Gasteiger partial charge in [-0.05, 0) is 25.6 Å². The topological polar surface area (TPSA) is 37.8 Å². The predicted molar refractivity (Wildman–Crippen MR) is 84.9 cm³/mol. The number of hydrogen-bond donors (Lipinski definition) is 1. The lowest BCUT2D eigenvalue weighted by atomic mass is 10.2. The Morgan fingerprint density at radius 1 is 1.15 bits per heavy atom. The van der Waals surface area contributed by atoms with Gasteiger partial charge in [-0.2, -0.15) is 0 Å². The number of aromatic nitrogens is 2. The van der Waals surface area contributed by atoms with E-state index in [1.807, 2.05) is 24.3 Å². The van der Waals surface area contributed by atoms with Gasteiger partial charge in [0.05, 0.1) is 16.9 Å². The summed E-state index contributed by atoms with van der Waals surface area (Å²) in [5, 5.41) is 7.63. The molecule has 20 heavy (non-hydrogen) atoms. The highest BCUT2D eigenvalue weighted by Gasteiger charge is 2.11. The highest BCUT2D eigenvalue weighted by Crippen LogP contribution is 2.26. The van der Waals surface area contributed by atoms with Crippen molar-refractivity contribution in [3.05, 3.63) is 47.5 Å². The molecular weight excluding hydrogens is 266 g/mol. The number of rotatable bonds is 4. The Morgan fingerprint density at radius 3 is 2.85 bits per heavy atom. The maximum atomic E-state index is 4.70. The molecule has 1 aromatic carbocycles. The van der Waals surface area contributed by atoms with Gasteiger partial charge in [0.1, 0.15) is 5.01 Å². The van der Waals surface area contributed by atoms with Crippen LogP contribution in [0.5, 0.6) is 0 Å². The molecule has 0 aliphatic carbocycles. The molecule has 0 aliphatic rings. The van der Waals surface area contributed by atoms with Crippen LogP contribution in [0, 0.1) is 0 Å². The summed E-state index contributed by atoms with van der Waals surface area (Å²) >= 11 is 1.65. The molecule has 3 aromatic rings. The molecule has 0 aliphatic heterocycles. The van der Waals surface area contributed by atoms with Gasteiger partial charge in [0.15, 0.2) is 0 Å². The third-order valence-corrected chi connectivity index (χ3v) is 4.18. The molecule has 1 unspecified atom stereocenters. The van der Waals surface area contributed by atoms with Crippen LogP contribution < -0.4 is 5.32 Å². The maximum absolute atomic E-state index is 4.70. The molecule has 3 nitrogen and oxygen atoms in total. The molecule has 0 saturated carbocycles. The molecule has 0 spiro atoms. The molecule has 0 radical (unpaired) electrons. The average molecular weight is 283 g/mol. The van der Waals surface area contributed by atoms with Crippen LogP contribution in [0.4, 0.5) is 0 Å². The van der Waals surface area contributed by atoms with Gasteiger partial charge in [-0.25, -0.2) is 9.97 Å². The van der Waals surface area contributed by atoms with Crippen molar-refractivity contribution >= 4 is 22.2 Å². The summed E-state index contributed by atoms with van der Waals surface area (Å²) in [5.74, 6) is 0. The minimum absolute atomic E-state index is 0.283. The minimum atomic E-state index is 0.283. The van der Waals surface area contributed by atoms with Crippen LogP contribution in [0.3, 0.4) is 0 Å². The van der Waals surface area contributed by atoms with Crippen molar-refractivity contribution in [1.29, 1.82) is 0 Å². The van der Waals surface area contributed by atoms with Gasteiger partial charge in [0.25, 0.3) is 0 Å². The Kier molecular flexibility index (Phi) is 3.76. The first-order valence-corrected chi connectivity index (χ1v) is 7.71. The van der Waals surface area contributed by atoms with E-state index in [0.29, 0.717) is 0 Å². The lowest BCUT2D eigenvalue weighted by Gasteiger charge is -2.08. The standard InChI is InChI=1S/C16H17N3S/c1-3-17-11(2)15-10-20-16(19-15)14-9-8-12-6-4-5-7-13(12)18-14/h4-11,17H,3H2,1-2H3. The molecule has 2 aromatic heterocycles. The lowest BCUT2D eigenvalue weighted by molar-refractivity contribution is 0.587. The zero-order chi connectivity index (χ0) is 13.9. The first-order valence-electron chi connectivity index (χ1n) is 6.83. The Bertz CT molecular complexity index is 720. The van der Waals surface area contributed by atoms with Crippen LogP contribution >= 0.6 is 11.3 Å². The highest BCUT2D eigenvalue weighted by atomic mass is 32.1. The number of nitrogens with zero attached hydrogens (tertiary/aromatic N) is 2. The fourth-order valence-electron chi connectivity index (χ4n) is 2.20. The van der Waals surface area contributed by atoms with Gasteiger partial charge >= 0.3 is 0 Å². The molecule has 0 saturated heterocycles. The lowest BCUT2D eigenvalue weighted by Crippen LogP contribution is -2.17. The second-order valence-electron chi connectivity index (χ2n) is 4.75. The van der Waals surface area contributed by atoms with Crippen molar-refractivity contribution in [3.63, 3.8) is 0 Å². The van der Waals surface area contributed by atoms with Gasteiger partial charge in [-0.1, -0.05) is 31.2 Å². The summed E-state index contributed by atoms with van der Waals surface area (Å²) in [4.78, 5) is 9.39. The molecule has 3 rings (SSSR count).